The number of hydrogen-bond donors (Lipinski definition) is 0. The first kappa shape index (κ1) is 22.1. The monoisotopic (exact) mass is 445 g/mol. The van der Waals surface area contributed by atoms with E-state index in [1.807, 2.05) is 31.2 Å². The first-order valence-electron chi connectivity index (χ1n) is 10.6. The van der Waals surface area contributed by atoms with Crippen LogP contribution >= 0.6 is 0 Å². The summed E-state index contributed by atoms with van der Waals surface area (Å²) in [5.74, 6) is -1.06. The van der Waals surface area contributed by atoms with Gasteiger partial charge in [-0.1, -0.05) is 36.4 Å². The molecule has 0 radical (unpaired) electrons. The van der Waals surface area contributed by atoms with Crippen LogP contribution < -0.4 is 5.56 Å². The fourth-order valence-corrected chi connectivity index (χ4v) is 3.86. The van der Waals surface area contributed by atoms with Gasteiger partial charge in [-0.25, -0.2) is 14.5 Å². The molecule has 4 aromatic rings. The smallest absolute Gasteiger partial charge is 0.340 e. The van der Waals surface area contributed by atoms with E-state index in [2.05, 4.69) is 10.1 Å². The Balaban J connectivity index is 1.63. The molecule has 0 saturated carbocycles. The normalized spacial score (nSPS) is 11.0. The van der Waals surface area contributed by atoms with Crippen LogP contribution in [-0.4, -0.2) is 33.3 Å². The Bertz CT molecular complexity index is 1440. The highest BCUT2D eigenvalue weighted by Gasteiger charge is 2.21. The summed E-state index contributed by atoms with van der Waals surface area (Å²) in [4.78, 5) is 42.2. The molecule has 0 unspecified atom stereocenters. The Labute approximate surface area is 189 Å². The van der Waals surface area contributed by atoms with Gasteiger partial charge in [-0.05, 0) is 31.5 Å². The number of para-hydroxylation sites is 1. The summed E-state index contributed by atoms with van der Waals surface area (Å²) in [6, 6.07) is 14.4. The van der Waals surface area contributed by atoms with Crippen molar-refractivity contribution in [1.29, 1.82) is 0 Å². The number of carbonyl (C=O) groups is 2. The Morgan fingerprint density at radius 3 is 2.33 bits per heavy atom. The molecule has 2 heterocycles. The molecule has 168 valence electrons. The summed E-state index contributed by atoms with van der Waals surface area (Å²) in [6.07, 6.45) is -0.129. The van der Waals surface area contributed by atoms with Crippen molar-refractivity contribution >= 4 is 33.6 Å². The highest BCUT2D eigenvalue weighted by molar-refractivity contribution is 5.98. The van der Waals surface area contributed by atoms with Crippen LogP contribution in [0.4, 0.5) is 0 Å². The highest BCUT2D eigenvalue weighted by Crippen LogP contribution is 2.24. The van der Waals surface area contributed by atoms with E-state index in [0.29, 0.717) is 33.2 Å². The van der Waals surface area contributed by atoms with E-state index >= 15 is 0 Å². The first-order chi connectivity index (χ1) is 15.9. The number of hydrogen-bond acceptors (Lipinski definition) is 7. The SMILES string of the molecule is CCOC(=O)c1c(COC(=O)Cc2nn(C)c(=O)c3ccccc23)nc2ccccc2c1C. The maximum atomic E-state index is 12.7. The van der Waals surface area contributed by atoms with Crippen LogP contribution in [0.25, 0.3) is 21.7 Å². The second kappa shape index (κ2) is 9.20. The Hall–Kier alpha value is -4.07. The average molecular weight is 445 g/mol. The van der Waals surface area contributed by atoms with Crippen LogP contribution in [0.5, 0.6) is 0 Å². The van der Waals surface area contributed by atoms with Crippen LogP contribution in [0.3, 0.4) is 0 Å². The lowest BCUT2D eigenvalue weighted by Gasteiger charge is -2.14. The minimum atomic E-state index is -0.547. The Kier molecular flexibility index (Phi) is 6.17. The predicted molar refractivity (Wildman–Crippen MR) is 123 cm³/mol. The van der Waals surface area contributed by atoms with E-state index in [0.717, 1.165) is 10.9 Å². The number of benzene rings is 2. The lowest BCUT2D eigenvalue weighted by Crippen LogP contribution is -2.23. The van der Waals surface area contributed by atoms with Crippen LogP contribution in [0.15, 0.2) is 53.3 Å². The molecule has 2 aromatic heterocycles. The summed E-state index contributed by atoms with van der Waals surface area (Å²) in [5, 5.41) is 6.15. The van der Waals surface area contributed by atoms with E-state index in [4.69, 9.17) is 9.47 Å². The number of ether oxygens (including phenoxy) is 2. The molecule has 0 amide bonds. The summed E-state index contributed by atoms with van der Waals surface area (Å²) < 4.78 is 11.9. The van der Waals surface area contributed by atoms with Gasteiger partial charge in [0.05, 0.1) is 40.9 Å². The topological polar surface area (TPSA) is 100 Å². The van der Waals surface area contributed by atoms with Gasteiger partial charge in [-0.15, -0.1) is 0 Å². The lowest BCUT2D eigenvalue weighted by atomic mass is 10.0. The van der Waals surface area contributed by atoms with Crippen LogP contribution in [-0.2, 0) is 34.3 Å². The van der Waals surface area contributed by atoms with Crippen LogP contribution in [0.1, 0.15) is 34.2 Å². The second-order valence-electron chi connectivity index (χ2n) is 7.55. The molecular formula is C25H23N3O5. The van der Waals surface area contributed by atoms with Crippen LogP contribution in [0, 0.1) is 6.92 Å². The molecule has 0 spiro atoms. The van der Waals surface area contributed by atoms with Crippen LogP contribution in [0.2, 0.25) is 0 Å². The second-order valence-corrected chi connectivity index (χ2v) is 7.55. The average Bonchev–Trinajstić information content (AvgIpc) is 2.81. The van der Waals surface area contributed by atoms with Gasteiger partial charge in [0.25, 0.3) is 5.56 Å². The van der Waals surface area contributed by atoms with Gasteiger partial charge in [0.2, 0.25) is 0 Å². The summed E-state index contributed by atoms with van der Waals surface area (Å²) in [7, 11) is 1.54. The Morgan fingerprint density at radius 1 is 0.939 bits per heavy atom. The van der Waals surface area contributed by atoms with E-state index in [9.17, 15) is 14.4 Å². The molecule has 0 bridgehead atoms. The molecule has 0 atom stereocenters. The third kappa shape index (κ3) is 4.32. The third-order valence-corrected chi connectivity index (χ3v) is 5.42. The van der Waals surface area contributed by atoms with Gasteiger partial charge in [-0.3, -0.25) is 9.59 Å². The quantitative estimate of drug-likeness (QED) is 0.420. The van der Waals surface area contributed by atoms with E-state index in [1.54, 1.807) is 31.2 Å². The molecule has 8 heteroatoms. The zero-order valence-electron chi connectivity index (χ0n) is 18.6. The molecule has 33 heavy (non-hydrogen) atoms. The summed E-state index contributed by atoms with van der Waals surface area (Å²) in [5.41, 5.74) is 2.24. The van der Waals surface area contributed by atoms with Gasteiger partial charge >= 0.3 is 11.9 Å². The number of nitrogens with zero attached hydrogens (tertiary/aromatic N) is 3. The van der Waals surface area contributed by atoms with Crippen molar-refractivity contribution < 1.29 is 19.1 Å². The molecule has 2 aromatic carbocycles. The predicted octanol–water partition coefficient (Wildman–Crippen LogP) is 3.25. The maximum absolute atomic E-state index is 12.7. The fourth-order valence-electron chi connectivity index (χ4n) is 3.86. The molecule has 0 N–H and O–H groups in total. The fraction of sp³-hybridized carbons (Fsp3) is 0.240. The van der Waals surface area contributed by atoms with E-state index in [-0.39, 0.29) is 25.2 Å². The molecule has 0 aliphatic rings. The van der Waals surface area contributed by atoms with E-state index in [1.165, 1.54) is 11.7 Å². The van der Waals surface area contributed by atoms with Crippen molar-refractivity contribution in [3.8, 4) is 0 Å². The minimum Gasteiger partial charge on any atom is -0.462 e. The first-order valence-corrected chi connectivity index (χ1v) is 10.6. The number of fused-ring (bicyclic) bond motifs is 2. The van der Waals surface area contributed by atoms with Gasteiger partial charge < -0.3 is 9.47 Å². The van der Waals surface area contributed by atoms with Gasteiger partial charge in [-0.2, -0.15) is 5.10 Å². The standard InChI is InChI=1S/C25H23N3O5/c1-4-32-25(31)23-15(2)16-9-7-8-12-19(16)26-21(23)14-33-22(29)13-20-17-10-5-6-11-18(17)24(30)28(3)27-20/h5-12H,4,13-14H2,1-3H3. The number of pyridine rings is 1. The molecule has 0 fully saturated rings. The van der Waals surface area contributed by atoms with Crippen molar-refractivity contribution in [3.63, 3.8) is 0 Å². The van der Waals surface area contributed by atoms with Crippen molar-refractivity contribution in [2.45, 2.75) is 26.9 Å². The number of carbonyl (C=O) groups excluding carboxylic acids is 2. The highest BCUT2D eigenvalue weighted by atomic mass is 16.5. The Morgan fingerprint density at radius 2 is 1.61 bits per heavy atom. The van der Waals surface area contributed by atoms with E-state index < -0.39 is 11.9 Å². The van der Waals surface area contributed by atoms with Crippen molar-refractivity contribution in [2.75, 3.05) is 6.61 Å². The number of rotatable bonds is 6. The summed E-state index contributed by atoms with van der Waals surface area (Å²) >= 11 is 0. The van der Waals surface area contributed by atoms with Crippen molar-refractivity contribution in [1.82, 2.24) is 14.8 Å². The number of aromatic nitrogens is 3. The van der Waals surface area contributed by atoms with Crippen molar-refractivity contribution in [2.24, 2.45) is 7.05 Å². The maximum Gasteiger partial charge on any atom is 0.340 e. The number of aryl methyl sites for hydroxylation is 2. The van der Waals surface area contributed by atoms with Gasteiger partial charge in [0.1, 0.15) is 6.61 Å². The summed E-state index contributed by atoms with van der Waals surface area (Å²) in [6.45, 7) is 3.58. The lowest BCUT2D eigenvalue weighted by molar-refractivity contribution is -0.144. The minimum absolute atomic E-state index is 0.129. The number of esters is 2. The van der Waals surface area contributed by atoms with Crippen molar-refractivity contribution in [3.05, 3.63) is 81.4 Å². The van der Waals surface area contributed by atoms with Gasteiger partial charge in [0.15, 0.2) is 0 Å². The zero-order chi connectivity index (χ0) is 23.5. The molecule has 0 aliphatic heterocycles. The molecule has 0 saturated heterocycles. The molecule has 8 nitrogen and oxygen atoms in total. The largest absolute Gasteiger partial charge is 0.462 e. The molecular weight excluding hydrogens is 422 g/mol. The molecule has 4 rings (SSSR count). The third-order valence-electron chi connectivity index (χ3n) is 5.42. The molecule has 0 aliphatic carbocycles. The van der Waals surface area contributed by atoms with Gasteiger partial charge in [0, 0.05) is 17.8 Å². The zero-order valence-corrected chi connectivity index (χ0v) is 18.6.